The van der Waals surface area contributed by atoms with Crippen LogP contribution in [0.15, 0.2) is 12.1 Å². The molecule has 3 nitrogen and oxygen atoms in total. The average Bonchev–Trinajstić information content (AvgIpc) is 2.59. The van der Waals surface area contributed by atoms with Crippen molar-refractivity contribution in [2.75, 3.05) is 12.4 Å². The lowest BCUT2D eigenvalue weighted by atomic mass is 9.78. The van der Waals surface area contributed by atoms with E-state index in [-0.39, 0.29) is 11.8 Å². The Bertz CT molecular complexity index is 539. The first-order chi connectivity index (χ1) is 11.6. The highest BCUT2D eigenvalue weighted by Crippen LogP contribution is 2.33. The van der Waals surface area contributed by atoms with E-state index in [0.717, 1.165) is 30.2 Å². The molecular weight excluding hydrogens is 413 g/mol. The first-order valence-electron chi connectivity index (χ1n) is 8.42. The second-order valence-corrected chi connectivity index (χ2v) is 7.88. The molecule has 1 saturated carbocycles. The van der Waals surface area contributed by atoms with Gasteiger partial charge in [-0.1, -0.05) is 58.4 Å². The van der Waals surface area contributed by atoms with Crippen LogP contribution >= 0.6 is 39.1 Å². The number of halogens is 3. The average molecular weight is 437 g/mol. The Morgan fingerprint density at radius 2 is 1.92 bits per heavy atom. The van der Waals surface area contributed by atoms with Gasteiger partial charge in [-0.2, -0.15) is 0 Å². The van der Waals surface area contributed by atoms with Crippen LogP contribution in [0.5, 0.6) is 5.75 Å². The quantitative estimate of drug-likeness (QED) is 0.565. The van der Waals surface area contributed by atoms with Crippen LogP contribution in [0.25, 0.3) is 0 Å². The number of nitrogens with one attached hydrogen (secondary N) is 1. The molecule has 1 aliphatic rings. The van der Waals surface area contributed by atoms with Crippen molar-refractivity contribution in [2.45, 2.75) is 45.1 Å². The molecule has 6 heteroatoms. The van der Waals surface area contributed by atoms with Gasteiger partial charge in [-0.05, 0) is 37.3 Å². The molecule has 1 unspecified atom stereocenters. The molecule has 1 aliphatic carbocycles. The number of alkyl halides is 1. The van der Waals surface area contributed by atoms with E-state index < -0.39 is 0 Å². The molecule has 0 bridgehead atoms. The van der Waals surface area contributed by atoms with Crippen LogP contribution in [0.4, 0.5) is 0 Å². The first kappa shape index (κ1) is 19.9. The monoisotopic (exact) mass is 435 g/mol. The summed E-state index contributed by atoms with van der Waals surface area (Å²) >= 11 is 16.0. The molecule has 1 atom stereocenters. The molecule has 0 spiro atoms. The molecule has 1 aromatic carbocycles. The maximum absolute atomic E-state index is 12.7. The topological polar surface area (TPSA) is 38.3 Å². The SMILES string of the molecule is COc1cc(Cl)c(CNC(=O)C(CCBr)C2CCCCC2)c(Cl)c1. The van der Waals surface area contributed by atoms with E-state index in [1.807, 2.05) is 0 Å². The van der Waals surface area contributed by atoms with Crippen LogP contribution in [0.2, 0.25) is 10.0 Å². The molecule has 0 heterocycles. The molecule has 1 N–H and O–H groups in total. The Morgan fingerprint density at radius 3 is 2.46 bits per heavy atom. The van der Waals surface area contributed by atoms with E-state index in [4.69, 9.17) is 27.9 Å². The molecule has 134 valence electrons. The third kappa shape index (κ3) is 5.27. The number of hydrogen-bond acceptors (Lipinski definition) is 2. The van der Waals surface area contributed by atoms with Crippen molar-refractivity contribution in [1.82, 2.24) is 5.32 Å². The van der Waals surface area contributed by atoms with E-state index in [1.165, 1.54) is 19.3 Å². The first-order valence-corrected chi connectivity index (χ1v) is 10.3. The van der Waals surface area contributed by atoms with Crippen LogP contribution in [0.1, 0.15) is 44.1 Å². The fraction of sp³-hybridized carbons (Fsp3) is 0.611. The third-order valence-electron chi connectivity index (χ3n) is 4.77. The highest BCUT2D eigenvalue weighted by atomic mass is 79.9. The van der Waals surface area contributed by atoms with Gasteiger partial charge in [-0.25, -0.2) is 0 Å². The Hall–Kier alpha value is -0.450. The molecule has 0 aromatic heterocycles. The number of methoxy groups -OCH3 is 1. The number of ether oxygens (including phenoxy) is 1. The molecule has 1 aromatic rings. The summed E-state index contributed by atoms with van der Waals surface area (Å²) in [6.07, 6.45) is 6.90. The van der Waals surface area contributed by atoms with Gasteiger partial charge >= 0.3 is 0 Å². The van der Waals surface area contributed by atoms with Gasteiger partial charge in [-0.15, -0.1) is 0 Å². The molecule has 24 heavy (non-hydrogen) atoms. The number of carbonyl (C=O) groups excluding carboxylic acids is 1. The van der Waals surface area contributed by atoms with Gasteiger partial charge < -0.3 is 10.1 Å². The summed E-state index contributed by atoms with van der Waals surface area (Å²) in [4.78, 5) is 12.7. The molecule has 2 rings (SSSR count). The zero-order chi connectivity index (χ0) is 17.5. The van der Waals surface area contributed by atoms with Crippen LogP contribution < -0.4 is 10.1 Å². The second-order valence-electron chi connectivity index (χ2n) is 6.27. The van der Waals surface area contributed by atoms with Crippen molar-refractivity contribution in [2.24, 2.45) is 11.8 Å². The Morgan fingerprint density at radius 1 is 1.29 bits per heavy atom. The van der Waals surface area contributed by atoms with Gasteiger partial charge in [-0.3, -0.25) is 4.79 Å². The van der Waals surface area contributed by atoms with Gasteiger partial charge in [0.25, 0.3) is 0 Å². The van der Waals surface area contributed by atoms with Crippen molar-refractivity contribution < 1.29 is 9.53 Å². The molecule has 0 saturated heterocycles. The summed E-state index contributed by atoms with van der Waals surface area (Å²) in [5, 5.41) is 4.89. The smallest absolute Gasteiger partial charge is 0.223 e. The maximum Gasteiger partial charge on any atom is 0.223 e. The third-order valence-corrected chi connectivity index (χ3v) is 5.90. The lowest BCUT2D eigenvalue weighted by Crippen LogP contribution is -2.36. The molecule has 0 aliphatic heterocycles. The van der Waals surface area contributed by atoms with Crippen molar-refractivity contribution in [1.29, 1.82) is 0 Å². The van der Waals surface area contributed by atoms with E-state index in [0.29, 0.717) is 28.3 Å². The summed E-state index contributed by atoms with van der Waals surface area (Å²) in [7, 11) is 1.57. The summed E-state index contributed by atoms with van der Waals surface area (Å²) < 4.78 is 5.14. The minimum absolute atomic E-state index is 0.0560. The van der Waals surface area contributed by atoms with Gasteiger partial charge in [0.1, 0.15) is 5.75 Å². The van der Waals surface area contributed by atoms with Crippen LogP contribution in [0, 0.1) is 11.8 Å². The van der Waals surface area contributed by atoms with Gasteiger partial charge in [0, 0.05) is 23.4 Å². The molecule has 1 amide bonds. The van der Waals surface area contributed by atoms with E-state index in [2.05, 4.69) is 21.2 Å². The highest BCUT2D eigenvalue weighted by molar-refractivity contribution is 9.09. The molecule has 0 radical (unpaired) electrons. The number of hydrogen-bond donors (Lipinski definition) is 1. The summed E-state index contributed by atoms with van der Waals surface area (Å²) in [5.74, 6) is 1.25. The predicted octanol–water partition coefficient (Wildman–Crippen LogP) is 5.60. The largest absolute Gasteiger partial charge is 0.497 e. The summed E-state index contributed by atoms with van der Waals surface area (Å²) in [6, 6.07) is 3.43. The lowest BCUT2D eigenvalue weighted by molar-refractivity contribution is -0.127. The fourth-order valence-electron chi connectivity index (χ4n) is 3.41. The lowest BCUT2D eigenvalue weighted by Gasteiger charge is -2.29. The highest BCUT2D eigenvalue weighted by Gasteiger charge is 2.29. The zero-order valence-corrected chi connectivity index (χ0v) is 17.0. The minimum atomic E-state index is 0.0560. The minimum Gasteiger partial charge on any atom is -0.497 e. The zero-order valence-electron chi connectivity index (χ0n) is 13.9. The Labute approximate surface area is 162 Å². The van der Waals surface area contributed by atoms with Crippen LogP contribution in [-0.4, -0.2) is 18.3 Å². The number of amides is 1. The normalized spacial score (nSPS) is 16.7. The van der Waals surface area contributed by atoms with Crippen molar-refractivity contribution in [3.8, 4) is 5.75 Å². The van der Waals surface area contributed by atoms with E-state index in [1.54, 1.807) is 19.2 Å². The molecular formula is C18H24BrCl2NO2. The van der Waals surface area contributed by atoms with Gasteiger partial charge in [0.05, 0.1) is 17.2 Å². The van der Waals surface area contributed by atoms with Gasteiger partial charge in [0.15, 0.2) is 0 Å². The second kappa shape index (κ2) is 9.88. The maximum atomic E-state index is 12.7. The number of rotatable bonds is 7. The Balaban J connectivity index is 2.02. The molecule has 1 fully saturated rings. The standard InChI is InChI=1S/C18H24BrCl2NO2/c1-24-13-9-16(20)15(17(21)10-13)11-22-18(23)14(7-8-19)12-5-3-2-4-6-12/h9-10,12,14H,2-8,11H2,1H3,(H,22,23). The number of benzene rings is 1. The van der Waals surface area contributed by atoms with Crippen molar-refractivity contribution in [3.63, 3.8) is 0 Å². The summed E-state index contributed by atoms with van der Waals surface area (Å²) in [6.45, 7) is 0.339. The number of carbonyl (C=O) groups is 1. The van der Waals surface area contributed by atoms with Crippen LogP contribution in [0.3, 0.4) is 0 Å². The van der Waals surface area contributed by atoms with Crippen molar-refractivity contribution in [3.05, 3.63) is 27.7 Å². The van der Waals surface area contributed by atoms with E-state index >= 15 is 0 Å². The Kier molecular flexibility index (Phi) is 8.18. The van der Waals surface area contributed by atoms with Crippen molar-refractivity contribution >= 4 is 45.0 Å². The van der Waals surface area contributed by atoms with Crippen LogP contribution in [-0.2, 0) is 11.3 Å². The predicted molar refractivity (Wildman–Crippen MR) is 103 cm³/mol. The fourth-order valence-corrected chi connectivity index (χ4v) is 4.50. The summed E-state index contributed by atoms with van der Waals surface area (Å²) in [5.41, 5.74) is 0.730. The van der Waals surface area contributed by atoms with E-state index in [9.17, 15) is 4.79 Å². The van der Waals surface area contributed by atoms with Gasteiger partial charge in [0.2, 0.25) is 5.91 Å².